The number of hydrogen-bond acceptors (Lipinski definition) is 2. The molecule has 0 bridgehead atoms. The van der Waals surface area contributed by atoms with Crippen LogP contribution in [-0.4, -0.2) is 7.05 Å². The molecular formula is C14H12F3NO. The minimum absolute atomic E-state index is 0.159. The molecule has 0 heterocycles. The van der Waals surface area contributed by atoms with Crippen molar-refractivity contribution in [3.8, 4) is 11.5 Å². The molecule has 2 aromatic rings. The number of anilines is 1. The highest BCUT2D eigenvalue weighted by Gasteiger charge is 2.30. The summed E-state index contributed by atoms with van der Waals surface area (Å²) in [4.78, 5) is 0. The van der Waals surface area contributed by atoms with Crippen molar-refractivity contribution in [2.24, 2.45) is 0 Å². The highest BCUT2D eigenvalue weighted by molar-refractivity contribution is 5.46. The van der Waals surface area contributed by atoms with E-state index in [4.69, 9.17) is 4.74 Å². The predicted octanol–water partition coefficient (Wildman–Crippen LogP) is 4.54. The van der Waals surface area contributed by atoms with Crippen molar-refractivity contribution < 1.29 is 17.9 Å². The molecule has 0 aliphatic heterocycles. The van der Waals surface area contributed by atoms with Crippen molar-refractivity contribution in [2.45, 2.75) is 6.18 Å². The van der Waals surface area contributed by atoms with E-state index >= 15 is 0 Å². The molecule has 0 aromatic heterocycles. The zero-order valence-corrected chi connectivity index (χ0v) is 10.2. The molecule has 0 saturated carbocycles. The largest absolute Gasteiger partial charge is 0.457 e. The first kappa shape index (κ1) is 13.3. The Bertz CT molecular complexity index is 549. The van der Waals surface area contributed by atoms with E-state index in [0.717, 1.165) is 17.8 Å². The van der Waals surface area contributed by atoms with Crippen molar-refractivity contribution >= 4 is 5.69 Å². The summed E-state index contributed by atoms with van der Waals surface area (Å²) in [6.07, 6.45) is -4.37. The van der Waals surface area contributed by atoms with Gasteiger partial charge in [0, 0.05) is 12.7 Å². The first-order valence-corrected chi connectivity index (χ1v) is 5.62. The quantitative estimate of drug-likeness (QED) is 0.881. The lowest BCUT2D eigenvalue weighted by Crippen LogP contribution is -2.04. The Morgan fingerprint density at radius 3 is 2.21 bits per heavy atom. The normalized spacial score (nSPS) is 11.2. The number of alkyl halides is 3. The SMILES string of the molecule is CNc1ccc(Oc2cccc(C(F)(F)F)c2)cc1. The topological polar surface area (TPSA) is 21.3 Å². The molecule has 1 N–H and O–H groups in total. The molecule has 0 spiro atoms. The van der Waals surface area contributed by atoms with E-state index in [9.17, 15) is 13.2 Å². The number of benzene rings is 2. The summed E-state index contributed by atoms with van der Waals surface area (Å²) in [6, 6.07) is 11.7. The maximum Gasteiger partial charge on any atom is 0.416 e. The van der Waals surface area contributed by atoms with Crippen LogP contribution >= 0.6 is 0 Å². The minimum Gasteiger partial charge on any atom is -0.457 e. The van der Waals surface area contributed by atoms with Crippen LogP contribution in [0.5, 0.6) is 11.5 Å². The van der Waals surface area contributed by atoms with Gasteiger partial charge >= 0.3 is 6.18 Å². The van der Waals surface area contributed by atoms with Gasteiger partial charge in [0.2, 0.25) is 0 Å². The summed E-state index contributed by atoms with van der Waals surface area (Å²) >= 11 is 0. The second kappa shape index (κ2) is 5.22. The molecule has 0 aliphatic carbocycles. The van der Waals surface area contributed by atoms with E-state index in [1.165, 1.54) is 12.1 Å². The van der Waals surface area contributed by atoms with Gasteiger partial charge in [-0.2, -0.15) is 13.2 Å². The molecule has 0 saturated heterocycles. The first-order chi connectivity index (χ1) is 8.99. The molecule has 0 aliphatic rings. The number of nitrogens with one attached hydrogen (secondary N) is 1. The van der Waals surface area contributed by atoms with Gasteiger partial charge in [-0.1, -0.05) is 6.07 Å². The summed E-state index contributed by atoms with van der Waals surface area (Å²) < 4.78 is 43.0. The van der Waals surface area contributed by atoms with Crippen molar-refractivity contribution in [2.75, 3.05) is 12.4 Å². The Morgan fingerprint density at radius 2 is 1.63 bits per heavy atom. The lowest BCUT2D eigenvalue weighted by atomic mass is 10.2. The zero-order chi connectivity index (χ0) is 13.9. The van der Waals surface area contributed by atoms with Gasteiger partial charge in [0.25, 0.3) is 0 Å². The van der Waals surface area contributed by atoms with Crippen molar-refractivity contribution in [1.29, 1.82) is 0 Å². The van der Waals surface area contributed by atoms with Crippen LogP contribution in [0.25, 0.3) is 0 Å². The number of halogens is 3. The Hall–Kier alpha value is -2.17. The van der Waals surface area contributed by atoms with Crippen molar-refractivity contribution in [3.05, 3.63) is 54.1 Å². The zero-order valence-electron chi connectivity index (χ0n) is 10.2. The van der Waals surface area contributed by atoms with E-state index in [0.29, 0.717) is 5.75 Å². The van der Waals surface area contributed by atoms with Crippen LogP contribution in [0.15, 0.2) is 48.5 Å². The Labute approximate surface area is 108 Å². The Balaban J connectivity index is 2.18. The van der Waals surface area contributed by atoms with E-state index in [2.05, 4.69) is 5.32 Å². The third-order valence-electron chi connectivity index (χ3n) is 2.54. The second-order valence-corrected chi connectivity index (χ2v) is 3.90. The standard InChI is InChI=1S/C14H12F3NO/c1-18-11-5-7-12(8-6-11)19-13-4-2-3-10(9-13)14(15,16)17/h2-9,18H,1H3. The third-order valence-corrected chi connectivity index (χ3v) is 2.54. The average Bonchev–Trinajstić information content (AvgIpc) is 2.39. The molecule has 0 unspecified atom stereocenters. The van der Waals surface area contributed by atoms with Gasteiger partial charge in [-0.25, -0.2) is 0 Å². The summed E-state index contributed by atoms with van der Waals surface area (Å²) in [5.74, 6) is 0.644. The maximum absolute atomic E-state index is 12.5. The fourth-order valence-corrected chi connectivity index (χ4v) is 1.56. The van der Waals surface area contributed by atoms with Crippen LogP contribution in [-0.2, 0) is 6.18 Å². The molecule has 2 nitrogen and oxygen atoms in total. The smallest absolute Gasteiger partial charge is 0.416 e. The lowest BCUT2D eigenvalue weighted by Gasteiger charge is -2.10. The number of hydrogen-bond donors (Lipinski definition) is 1. The fraction of sp³-hybridized carbons (Fsp3) is 0.143. The van der Waals surface area contributed by atoms with Crippen LogP contribution in [0.1, 0.15) is 5.56 Å². The van der Waals surface area contributed by atoms with Crippen LogP contribution < -0.4 is 10.1 Å². The Morgan fingerprint density at radius 1 is 0.947 bits per heavy atom. The average molecular weight is 267 g/mol. The van der Waals surface area contributed by atoms with Gasteiger partial charge < -0.3 is 10.1 Å². The molecule has 100 valence electrons. The van der Waals surface area contributed by atoms with Gasteiger partial charge in [-0.05, 0) is 42.5 Å². The lowest BCUT2D eigenvalue weighted by molar-refractivity contribution is -0.137. The van der Waals surface area contributed by atoms with Crippen molar-refractivity contribution in [3.63, 3.8) is 0 Å². The van der Waals surface area contributed by atoms with Crippen LogP contribution in [0, 0.1) is 0 Å². The predicted molar refractivity (Wildman–Crippen MR) is 67.5 cm³/mol. The highest BCUT2D eigenvalue weighted by Crippen LogP contribution is 2.32. The van der Waals surface area contributed by atoms with E-state index < -0.39 is 11.7 Å². The Kier molecular flexibility index (Phi) is 3.64. The molecule has 2 aromatic carbocycles. The summed E-state index contributed by atoms with van der Waals surface area (Å²) in [5.41, 5.74) is 0.174. The van der Waals surface area contributed by atoms with Gasteiger partial charge in [0.1, 0.15) is 11.5 Å². The van der Waals surface area contributed by atoms with Gasteiger partial charge in [0.15, 0.2) is 0 Å². The van der Waals surface area contributed by atoms with Crippen LogP contribution in [0.2, 0.25) is 0 Å². The van der Waals surface area contributed by atoms with E-state index in [1.807, 2.05) is 0 Å². The molecule has 0 radical (unpaired) electrons. The molecular weight excluding hydrogens is 255 g/mol. The highest BCUT2D eigenvalue weighted by atomic mass is 19.4. The first-order valence-electron chi connectivity index (χ1n) is 5.62. The van der Waals surface area contributed by atoms with Gasteiger partial charge in [-0.3, -0.25) is 0 Å². The molecule has 5 heteroatoms. The number of ether oxygens (including phenoxy) is 1. The molecule has 0 fully saturated rings. The molecule has 0 amide bonds. The summed E-state index contributed by atoms with van der Waals surface area (Å²) in [5, 5.41) is 2.94. The fourth-order valence-electron chi connectivity index (χ4n) is 1.56. The minimum atomic E-state index is -4.37. The number of rotatable bonds is 3. The summed E-state index contributed by atoms with van der Waals surface area (Å²) in [6.45, 7) is 0. The second-order valence-electron chi connectivity index (χ2n) is 3.90. The van der Waals surface area contributed by atoms with E-state index in [1.54, 1.807) is 31.3 Å². The third kappa shape index (κ3) is 3.40. The molecule has 0 atom stereocenters. The van der Waals surface area contributed by atoms with Gasteiger partial charge in [-0.15, -0.1) is 0 Å². The maximum atomic E-state index is 12.5. The molecule has 19 heavy (non-hydrogen) atoms. The van der Waals surface area contributed by atoms with Crippen molar-refractivity contribution in [1.82, 2.24) is 0 Å². The summed E-state index contributed by atoms with van der Waals surface area (Å²) in [7, 11) is 1.78. The molecule has 2 rings (SSSR count). The van der Waals surface area contributed by atoms with Crippen LogP contribution in [0.3, 0.4) is 0 Å². The van der Waals surface area contributed by atoms with Crippen LogP contribution in [0.4, 0.5) is 18.9 Å². The van der Waals surface area contributed by atoms with E-state index in [-0.39, 0.29) is 5.75 Å². The van der Waals surface area contributed by atoms with Gasteiger partial charge in [0.05, 0.1) is 5.56 Å². The monoisotopic (exact) mass is 267 g/mol.